The van der Waals surface area contributed by atoms with Gasteiger partial charge in [-0.2, -0.15) is 0 Å². The van der Waals surface area contributed by atoms with Crippen LogP contribution in [0.25, 0.3) is 0 Å². The van der Waals surface area contributed by atoms with E-state index >= 15 is 0 Å². The van der Waals surface area contributed by atoms with Crippen molar-refractivity contribution in [2.45, 2.75) is 50.6 Å². The van der Waals surface area contributed by atoms with Gasteiger partial charge in [-0.15, -0.1) is 10.2 Å². The maximum Gasteiger partial charge on any atom is 0.226 e. The topological polar surface area (TPSA) is 64.1 Å². The minimum Gasteiger partial charge on any atom is -0.497 e. The highest BCUT2D eigenvalue weighted by molar-refractivity contribution is 8.00. The third-order valence-corrected chi connectivity index (χ3v) is 5.71. The predicted molar refractivity (Wildman–Crippen MR) is 109 cm³/mol. The van der Waals surface area contributed by atoms with E-state index in [2.05, 4.69) is 43.2 Å². The molecule has 2 rings (SSSR count). The lowest BCUT2D eigenvalue weighted by Gasteiger charge is -2.22. The molecule has 0 fully saturated rings. The molecule has 0 aliphatic rings. The predicted octanol–water partition coefficient (Wildman–Crippen LogP) is 5.24. The molecule has 0 bridgehead atoms. The largest absolute Gasteiger partial charge is 0.497 e. The van der Waals surface area contributed by atoms with Crippen LogP contribution in [0.4, 0.5) is 5.13 Å². The van der Waals surface area contributed by atoms with Gasteiger partial charge in [-0.25, -0.2) is 0 Å². The summed E-state index contributed by atoms with van der Waals surface area (Å²) < 4.78 is 6.01. The molecule has 1 aromatic heterocycles. The summed E-state index contributed by atoms with van der Waals surface area (Å²) in [4.78, 5) is 12.2. The highest BCUT2D eigenvalue weighted by atomic mass is 32.2. The molecule has 0 aliphatic carbocycles. The number of carbonyl (C=O) groups is 1. The average molecular weight is 394 g/mol. The highest BCUT2D eigenvalue weighted by Gasteiger charge is 2.18. The van der Waals surface area contributed by atoms with Crippen LogP contribution in [0.1, 0.15) is 46.1 Å². The number of thioether (sulfide) groups is 1. The van der Waals surface area contributed by atoms with E-state index in [0.717, 1.165) is 22.3 Å². The standard InChI is InChI=1S/C19H27N3O2S2/c1-13(11-19(2,3)4)10-16(23)20-17-21-22-18(26-17)25-12-14-6-8-15(24-5)9-7-14/h6-9,13H,10-12H2,1-5H3,(H,20,21,23). The number of hydrogen-bond acceptors (Lipinski definition) is 6. The van der Waals surface area contributed by atoms with Gasteiger partial charge in [-0.05, 0) is 35.4 Å². The Kier molecular flexibility index (Phi) is 7.46. The second-order valence-electron chi connectivity index (χ2n) is 7.63. The van der Waals surface area contributed by atoms with Gasteiger partial charge in [0.1, 0.15) is 5.75 Å². The maximum atomic E-state index is 12.2. The monoisotopic (exact) mass is 393 g/mol. The molecule has 0 radical (unpaired) electrons. The van der Waals surface area contributed by atoms with Crippen LogP contribution in [0.15, 0.2) is 28.6 Å². The lowest BCUT2D eigenvalue weighted by atomic mass is 9.84. The summed E-state index contributed by atoms with van der Waals surface area (Å²) in [5, 5.41) is 11.7. The molecule has 1 heterocycles. The number of hydrogen-bond donors (Lipinski definition) is 1. The summed E-state index contributed by atoms with van der Waals surface area (Å²) in [7, 11) is 1.66. The van der Waals surface area contributed by atoms with Crippen LogP contribution in [0.2, 0.25) is 0 Å². The van der Waals surface area contributed by atoms with Crippen molar-refractivity contribution >= 4 is 34.1 Å². The molecule has 1 N–H and O–H groups in total. The average Bonchev–Trinajstić information content (AvgIpc) is 2.98. The second-order valence-corrected chi connectivity index (χ2v) is 9.83. The van der Waals surface area contributed by atoms with Crippen molar-refractivity contribution in [3.05, 3.63) is 29.8 Å². The fourth-order valence-corrected chi connectivity index (χ4v) is 4.51. The van der Waals surface area contributed by atoms with Crippen molar-refractivity contribution in [2.75, 3.05) is 12.4 Å². The molecule has 1 amide bonds. The number of methoxy groups -OCH3 is 1. The number of amides is 1. The molecule has 5 nitrogen and oxygen atoms in total. The SMILES string of the molecule is COc1ccc(CSc2nnc(NC(=O)CC(C)CC(C)(C)C)s2)cc1. The molecule has 0 saturated carbocycles. The molecule has 7 heteroatoms. The third kappa shape index (κ3) is 7.33. The Morgan fingerprint density at radius 2 is 1.96 bits per heavy atom. The number of ether oxygens (including phenoxy) is 1. The molecule has 26 heavy (non-hydrogen) atoms. The Balaban J connectivity index is 1.80. The smallest absolute Gasteiger partial charge is 0.226 e. The van der Waals surface area contributed by atoms with E-state index in [-0.39, 0.29) is 11.3 Å². The van der Waals surface area contributed by atoms with Gasteiger partial charge in [0.2, 0.25) is 11.0 Å². The van der Waals surface area contributed by atoms with Gasteiger partial charge in [0.15, 0.2) is 4.34 Å². The summed E-state index contributed by atoms with van der Waals surface area (Å²) >= 11 is 3.02. The van der Waals surface area contributed by atoms with E-state index in [1.165, 1.54) is 16.9 Å². The zero-order valence-corrected chi connectivity index (χ0v) is 17.7. The Hall–Kier alpha value is -1.60. The number of carbonyl (C=O) groups excluding carboxylic acids is 1. The lowest BCUT2D eigenvalue weighted by Crippen LogP contribution is -2.18. The minimum absolute atomic E-state index is 0.00426. The summed E-state index contributed by atoms with van der Waals surface area (Å²) in [6.07, 6.45) is 1.52. The molecule has 2 aromatic rings. The molecular weight excluding hydrogens is 366 g/mol. The number of aromatic nitrogens is 2. The molecule has 142 valence electrons. The van der Waals surface area contributed by atoms with Gasteiger partial charge < -0.3 is 10.1 Å². The van der Waals surface area contributed by atoms with Crippen LogP contribution >= 0.6 is 23.1 Å². The van der Waals surface area contributed by atoms with Crippen molar-refractivity contribution in [3.63, 3.8) is 0 Å². The first-order valence-electron chi connectivity index (χ1n) is 8.64. The van der Waals surface area contributed by atoms with Crippen LogP contribution in [-0.4, -0.2) is 23.2 Å². The second kappa shape index (κ2) is 9.37. The minimum atomic E-state index is 0.00426. The molecule has 1 aromatic carbocycles. The Morgan fingerprint density at radius 1 is 1.27 bits per heavy atom. The van der Waals surface area contributed by atoms with Crippen LogP contribution in [0.3, 0.4) is 0 Å². The van der Waals surface area contributed by atoms with E-state index in [0.29, 0.717) is 17.5 Å². The van der Waals surface area contributed by atoms with Crippen LogP contribution < -0.4 is 10.1 Å². The van der Waals surface area contributed by atoms with Crippen molar-refractivity contribution in [1.82, 2.24) is 10.2 Å². The van der Waals surface area contributed by atoms with Crippen LogP contribution in [-0.2, 0) is 10.5 Å². The van der Waals surface area contributed by atoms with Gasteiger partial charge in [0.25, 0.3) is 0 Å². The zero-order valence-electron chi connectivity index (χ0n) is 16.0. The van der Waals surface area contributed by atoms with E-state index in [1.54, 1.807) is 18.9 Å². The van der Waals surface area contributed by atoms with Crippen molar-refractivity contribution in [1.29, 1.82) is 0 Å². The van der Waals surface area contributed by atoms with Gasteiger partial charge in [-0.1, -0.05) is 62.9 Å². The van der Waals surface area contributed by atoms with E-state index in [1.807, 2.05) is 24.3 Å². The molecule has 1 unspecified atom stereocenters. The molecular formula is C19H27N3O2S2. The molecule has 0 spiro atoms. The van der Waals surface area contributed by atoms with Crippen molar-refractivity contribution in [3.8, 4) is 5.75 Å². The molecule has 0 aliphatic heterocycles. The first kappa shape index (κ1) is 20.7. The number of rotatable bonds is 8. The lowest BCUT2D eigenvalue weighted by molar-refractivity contribution is -0.117. The van der Waals surface area contributed by atoms with Gasteiger partial charge >= 0.3 is 0 Å². The fourth-order valence-electron chi connectivity index (χ4n) is 2.79. The summed E-state index contributed by atoms with van der Waals surface area (Å²) in [5.74, 6) is 1.99. The summed E-state index contributed by atoms with van der Waals surface area (Å²) in [6, 6.07) is 7.96. The molecule has 1 atom stereocenters. The van der Waals surface area contributed by atoms with E-state index < -0.39 is 0 Å². The first-order chi connectivity index (χ1) is 12.2. The van der Waals surface area contributed by atoms with Gasteiger partial charge in [-0.3, -0.25) is 4.79 Å². The van der Waals surface area contributed by atoms with Crippen molar-refractivity contribution < 1.29 is 9.53 Å². The first-order valence-corrected chi connectivity index (χ1v) is 10.4. The number of nitrogens with one attached hydrogen (secondary N) is 1. The fraction of sp³-hybridized carbons (Fsp3) is 0.526. The number of anilines is 1. The quantitative estimate of drug-likeness (QED) is 0.491. The number of benzene rings is 1. The van der Waals surface area contributed by atoms with Crippen LogP contribution in [0, 0.1) is 11.3 Å². The third-order valence-electron chi connectivity index (χ3n) is 3.67. The Labute approximate surface area is 163 Å². The van der Waals surface area contributed by atoms with Gasteiger partial charge in [0.05, 0.1) is 7.11 Å². The van der Waals surface area contributed by atoms with Crippen molar-refractivity contribution in [2.24, 2.45) is 11.3 Å². The number of nitrogens with zero attached hydrogens (tertiary/aromatic N) is 2. The van der Waals surface area contributed by atoms with Crippen LogP contribution in [0.5, 0.6) is 5.75 Å². The Morgan fingerprint density at radius 3 is 2.58 bits per heavy atom. The van der Waals surface area contributed by atoms with E-state index in [9.17, 15) is 4.79 Å². The summed E-state index contributed by atoms with van der Waals surface area (Å²) in [6.45, 7) is 8.69. The highest BCUT2D eigenvalue weighted by Crippen LogP contribution is 2.30. The Bertz CT molecular complexity index is 708. The van der Waals surface area contributed by atoms with E-state index in [4.69, 9.17) is 4.74 Å². The summed E-state index contributed by atoms with van der Waals surface area (Å²) in [5.41, 5.74) is 1.42. The maximum absolute atomic E-state index is 12.2. The zero-order chi connectivity index (χ0) is 19.2. The van der Waals surface area contributed by atoms with Gasteiger partial charge in [0, 0.05) is 12.2 Å². The normalized spacial score (nSPS) is 12.7. The molecule has 0 saturated heterocycles.